The summed E-state index contributed by atoms with van der Waals surface area (Å²) in [7, 11) is 0. The molecule has 0 spiro atoms. The van der Waals surface area contributed by atoms with Crippen molar-refractivity contribution < 1.29 is 0 Å². The molecular formula is C10H20N2. The first-order chi connectivity index (χ1) is 5.65. The van der Waals surface area contributed by atoms with Crippen molar-refractivity contribution in [2.45, 2.75) is 40.0 Å². The number of hydrogen-bond acceptors (Lipinski definition) is 2. The second kappa shape index (κ2) is 3.92. The van der Waals surface area contributed by atoms with Gasteiger partial charge in [-0.2, -0.15) is 5.10 Å². The van der Waals surface area contributed by atoms with E-state index in [1.165, 1.54) is 18.6 Å². The summed E-state index contributed by atoms with van der Waals surface area (Å²) < 4.78 is 0. The standard InChI is InChI=1S/C10H20N2/c1-7(2)9-5-4-8(3)6-10(9)12-11/h7-9H,4-6,11H2,1-3H3/b12-10+/t8-,9+/m1/s1. The van der Waals surface area contributed by atoms with E-state index in [0.717, 1.165) is 12.3 Å². The number of hydrazone groups is 1. The Bertz CT molecular complexity index is 173. The molecule has 1 aliphatic rings. The Morgan fingerprint density at radius 1 is 1.42 bits per heavy atom. The summed E-state index contributed by atoms with van der Waals surface area (Å²) >= 11 is 0. The summed E-state index contributed by atoms with van der Waals surface area (Å²) in [6, 6.07) is 0. The zero-order valence-electron chi connectivity index (χ0n) is 8.38. The zero-order chi connectivity index (χ0) is 9.14. The van der Waals surface area contributed by atoms with Crippen LogP contribution in [0.4, 0.5) is 0 Å². The third-order valence-electron chi connectivity index (χ3n) is 2.93. The fourth-order valence-corrected chi connectivity index (χ4v) is 2.11. The Morgan fingerprint density at radius 3 is 2.58 bits per heavy atom. The largest absolute Gasteiger partial charge is 0.323 e. The van der Waals surface area contributed by atoms with Crippen LogP contribution in [0.15, 0.2) is 5.10 Å². The average Bonchev–Trinajstić information content (AvgIpc) is 2.03. The molecule has 0 radical (unpaired) electrons. The molecule has 0 aliphatic heterocycles. The molecule has 0 aromatic carbocycles. The quantitative estimate of drug-likeness (QED) is 0.474. The maximum atomic E-state index is 5.38. The summed E-state index contributed by atoms with van der Waals surface area (Å²) in [5.74, 6) is 7.50. The zero-order valence-corrected chi connectivity index (χ0v) is 8.38. The first-order valence-electron chi connectivity index (χ1n) is 4.91. The molecule has 1 rings (SSSR count). The summed E-state index contributed by atoms with van der Waals surface area (Å²) in [5, 5.41) is 3.92. The molecular weight excluding hydrogens is 148 g/mol. The molecule has 2 nitrogen and oxygen atoms in total. The van der Waals surface area contributed by atoms with Gasteiger partial charge in [-0.1, -0.05) is 20.8 Å². The van der Waals surface area contributed by atoms with Gasteiger partial charge in [0.1, 0.15) is 0 Å². The van der Waals surface area contributed by atoms with Crippen LogP contribution in [0.25, 0.3) is 0 Å². The van der Waals surface area contributed by atoms with E-state index in [1.807, 2.05) is 0 Å². The van der Waals surface area contributed by atoms with Crippen LogP contribution in [0.5, 0.6) is 0 Å². The molecule has 2 heteroatoms. The van der Waals surface area contributed by atoms with Crippen LogP contribution in [-0.2, 0) is 0 Å². The van der Waals surface area contributed by atoms with E-state index in [1.54, 1.807) is 0 Å². The molecule has 70 valence electrons. The number of nitrogens with zero attached hydrogens (tertiary/aromatic N) is 1. The molecule has 1 fully saturated rings. The van der Waals surface area contributed by atoms with Crippen LogP contribution < -0.4 is 5.84 Å². The predicted molar refractivity (Wildman–Crippen MR) is 53.0 cm³/mol. The summed E-state index contributed by atoms with van der Waals surface area (Å²) in [6.07, 6.45) is 3.72. The highest BCUT2D eigenvalue weighted by Gasteiger charge is 2.26. The van der Waals surface area contributed by atoms with E-state index in [0.29, 0.717) is 11.8 Å². The Hall–Kier alpha value is -0.530. The summed E-state index contributed by atoms with van der Waals surface area (Å²) in [6.45, 7) is 6.79. The Labute approximate surface area is 75.2 Å². The SMILES string of the molecule is CC(C)[C@@H]1CC[C@@H](C)C/C1=N\N. The van der Waals surface area contributed by atoms with Crippen molar-refractivity contribution >= 4 is 5.71 Å². The highest BCUT2D eigenvalue weighted by atomic mass is 15.1. The van der Waals surface area contributed by atoms with Crippen LogP contribution >= 0.6 is 0 Å². The Morgan fingerprint density at radius 2 is 2.08 bits per heavy atom. The lowest BCUT2D eigenvalue weighted by atomic mass is 9.76. The molecule has 2 N–H and O–H groups in total. The van der Waals surface area contributed by atoms with Gasteiger partial charge in [-0.25, -0.2) is 0 Å². The van der Waals surface area contributed by atoms with Crippen LogP contribution in [0.1, 0.15) is 40.0 Å². The predicted octanol–water partition coefficient (Wildman–Crippen LogP) is 2.39. The maximum Gasteiger partial charge on any atom is 0.0412 e. The fourth-order valence-electron chi connectivity index (χ4n) is 2.11. The first kappa shape index (κ1) is 9.56. The fraction of sp³-hybridized carbons (Fsp3) is 0.900. The van der Waals surface area contributed by atoms with Crippen LogP contribution in [0.3, 0.4) is 0 Å². The van der Waals surface area contributed by atoms with Gasteiger partial charge in [0.05, 0.1) is 0 Å². The topological polar surface area (TPSA) is 38.4 Å². The molecule has 12 heavy (non-hydrogen) atoms. The van der Waals surface area contributed by atoms with Gasteiger partial charge in [0, 0.05) is 11.6 Å². The second-order valence-corrected chi connectivity index (χ2v) is 4.36. The van der Waals surface area contributed by atoms with E-state index < -0.39 is 0 Å². The summed E-state index contributed by atoms with van der Waals surface area (Å²) in [5.41, 5.74) is 1.24. The van der Waals surface area contributed by atoms with Crippen molar-refractivity contribution in [2.75, 3.05) is 0 Å². The van der Waals surface area contributed by atoms with Crippen LogP contribution in [0, 0.1) is 17.8 Å². The van der Waals surface area contributed by atoms with Crippen molar-refractivity contribution in [2.24, 2.45) is 28.7 Å². The third-order valence-corrected chi connectivity index (χ3v) is 2.93. The lowest BCUT2D eigenvalue weighted by Crippen LogP contribution is -2.28. The molecule has 0 amide bonds. The molecule has 0 aromatic heterocycles. The lowest BCUT2D eigenvalue weighted by Gasteiger charge is -2.30. The maximum absolute atomic E-state index is 5.38. The molecule has 0 saturated heterocycles. The van der Waals surface area contributed by atoms with Gasteiger partial charge in [-0.05, 0) is 31.1 Å². The highest BCUT2D eigenvalue weighted by Crippen LogP contribution is 2.30. The smallest absolute Gasteiger partial charge is 0.0412 e. The monoisotopic (exact) mass is 168 g/mol. The van der Waals surface area contributed by atoms with Crippen molar-refractivity contribution in [3.8, 4) is 0 Å². The van der Waals surface area contributed by atoms with Gasteiger partial charge in [0.2, 0.25) is 0 Å². The average molecular weight is 168 g/mol. The molecule has 0 heterocycles. The molecule has 0 aromatic rings. The van der Waals surface area contributed by atoms with Gasteiger partial charge in [-0.15, -0.1) is 0 Å². The molecule has 2 atom stereocenters. The van der Waals surface area contributed by atoms with E-state index >= 15 is 0 Å². The van der Waals surface area contributed by atoms with Gasteiger partial charge >= 0.3 is 0 Å². The van der Waals surface area contributed by atoms with Gasteiger partial charge in [0.15, 0.2) is 0 Å². The van der Waals surface area contributed by atoms with Crippen LogP contribution in [-0.4, -0.2) is 5.71 Å². The summed E-state index contributed by atoms with van der Waals surface area (Å²) in [4.78, 5) is 0. The minimum atomic E-state index is 0.645. The molecule has 0 unspecified atom stereocenters. The van der Waals surface area contributed by atoms with E-state index in [-0.39, 0.29) is 0 Å². The normalized spacial score (nSPS) is 34.5. The number of nitrogens with two attached hydrogens (primary N) is 1. The van der Waals surface area contributed by atoms with Crippen molar-refractivity contribution in [3.05, 3.63) is 0 Å². The van der Waals surface area contributed by atoms with Crippen molar-refractivity contribution in [1.82, 2.24) is 0 Å². The number of rotatable bonds is 1. The number of hydrogen-bond donors (Lipinski definition) is 1. The molecule has 1 saturated carbocycles. The van der Waals surface area contributed by atoms with Crippen LogP contribution in [0.2, 0.25) is 0 Å². The second-order valence-electron chi connectivity index (χ2n) is 4.36. The minimum Gasteiger partial charge on any atom is -0.323 e. The third kappa shape index (κ3) is 1.99. The Balaban J connectivity index is 2.63. The van der Waals surface area contributed by atoms with E-state index in [2.05, 4.69) is 25.9 Å². The highest BCUT2D eigenvalue weighted by molar-refractivity contribution is 5.87. The minimum absolute atomic E-state index is 0.645. The first-order valence-corrected chi connectivity index (χ1v) is 4.91. The lowest BCUT2D eigenvalue weighted by molar-refractivity contribution is 0.364. The van der Waals surface area contributed by atoms with Gasteiger partial charge < -0.3 is 5.84 Å². The molecule has 1 aliphatic carbocycles. The van der Waals surface area contributed by atoms with E-state index in [4.69, 9.17) is 5.84 Å². The van der Waals surface area contributed by atoms with Crippen molar-refractivity contribution in [1.29, 1.82) is 0 Å². The Kier molecular flexibility index (Phi) is 3.12. The van der Waals surface area contributed by atoms with Crippen molar-refractivity contribution in [3.63, 3.8) is 0 Å². The van der Waals surface area contributed by atoms with E-state index in [9.17, 15) is 0 Å². The molecule has 0 bridgehead atoms. The van der Waals surface area contributed by atoms with Gasteiger partial charge in [-0.3, -0.25) is 0 Å². The van der Waals surface area contributed by atoms with Gasteiger partial charge in [0.25, 0.3) is 0 Å².